The maximum atomic E-state index is 12.3. The lowest BCUT2D eigenvalue weighted by Crippen LogP contribution is -2.13. The average molecular weight is 419 g/mol. The van der Waals surface area contributed by atoms with Gasteiger partial charge in [-0.3, -0.25) is 4.79 Å². The first-order valence-electron chi connectivity index (χ1n) is 9.82. The van der Waals surface area contributed by atoms with Gasteiger partial charge in [0.25, 0.3) is 5.56 Å². The number of fused-ring (bicyclic) bond motifs is 1. The first-order valence-corrected chi connectivity index (χ1v) is 10.2. The summed E-state index contributed by atoms with van der Waals surface area (Å²) in [5.74, 6) is 0.518. The summed E-state index contributed by atoms with van der Waals surface area (Å²) in [6.07, 6.45) is 1.71. The molecule has 1 N–H and O–H groups in total. The van der Waals surface area contributed by atoms with Gasteiger partial charge >= 0.3 is 0 Å². The molecule has 0 atom stereocenters. The van der Waals surface area contributed by atoms with E-state index in [9.17, 15) is 4.79 Å². The highest BCUT2D eigenvalue weighted by Gasteiger charge is 2.20. The summed E-state index contributed by atoms with van der Waals surface area (Å²) in [5, 5.41) is 1.05. The second-order valence-corrected chi connectivity index (χ2v) is 8.72. The van der Waals surface area contributed by atoms with Gasteiger partial charge < -0.3 is 9.72 Å². The summed E-state index contributed by atoms with van der Waals surface area (Å²) in [6.45, 7) is 6.87. The van der Waals surface area contributed by atoms with E-state index in [0.29, 0.717) is 12.5 Å². The third-order valence-corrected chi connectivity index (χ3v) is 5.33. The number of nitrogens with zero attached hydrogens (tertiary/aromatic N) is 1. The van der Waals surface area contributed by atoms with Gasteiger partial charge in [-0.05, 0) is 46.9 Å². The van der Waals surface area contributed by atoms with Gasteiger partial charge in [-0.1, -0.05) is 62.7 Å². The molecule has 2 aromatic heterocycles. The number of H-pyrrole nitrogens is 1. The quantitative estimate of drug-likeness (QED) is 0.434. The van der Waals surface area contributed by atoms with Gasteiger partial charge in [0.1, 0.15) is 11.6 Å². The largest absolute Gasteiger partial charge is 0.472 e. The summed E-state index contributed by atoms with van der Waals surface area (Å²) in [5.41, 5.74) is 4.19. The van der Waals surface area contributed by atoms with Gasteiger partial charge in [-0.25, -0.2) is 4.98 Å². The van der Waals surface area contributed by atoms with Crippen molar-refractivity contribution in [3.05, 3.63) is 93.4 Å². The predicted molar refractivity (Wildman–Crippen MR) is 122 cm³/mol. The molecule has 30 heavy (non-hydrogen) atoms. The van der Waals surface area contributed by atoms with Crippen LogP contribution in [0.25, 0.3) is 22.0 Å². The van der Waals surface area contributed by atoms with Gasteiger partial charge in [0.05, 0.1) is 5.52 Å². The lowest BCUT2D eigenvalue weighted by atomic mass is 9.84. The van der Waals surface area contributed by atoms with E-state index >= 15 is 0 Å². The van der Waals surface area contributed by atoms with Crippen molar-refractivity contribution in [2.75, 3.05) is 0 Å². The maximum Gasteiger partial charge on any atom is 0.267 e. The predicted octanol–water partition coefficient (Wildman–Crippen LogP) is 6.12. The molecule has 5 heteroatoms. The molecule has 0 aliphatic carbocycles. The standard InChI is InChI=1S/C25H23ClN2O2/c1-25(2,3)18-12-17-13-21(26)23(29)28-22(17)20(14-18)19-10-7-11-27-24(19)30-15-16-8-5-4-6-9-16/h4-14H,15H2,1-3H3,(H,28,29). The van der Waals surface area contributed by atoms with Crippen LogP contribution in [-0.2, 0) is 12.0 Å². The van der Waals surface area contributed by atoms with E-state index in [4.69, 9.17) is 16.3 Å². The van der Waals surface area contributed by atoms with Crippen LogP contribution in [0.15, 0.2) is 71.7 Å². The number of hydrogen-bond donors (Lipinski definition) is 1. The topological polar surface area (TPSA) is 55.0 Å². The van der Waals surface area contributed by atoms with Crippen LogP contribution in [0.1, 0.15) is 31.9 Å². The molecule has 0 amide bonds. The van der Waals surface area contributed by atoms with Crippen LogP contribution in [-0.4, -0.2) is 9.97 Å². The molecular weight excluding hydrogens is 396 g/mol. The van der Waals surface area contributed by atoms with E-state index in [2.05, 4.69) is 42.9 Å². The molecule has 152 valence electrons. The molecule has 0 saturated heterocycles. The third-order valence-electron chi connectivity index (χ3n) is 5.05. The molecule has 0 aliphatic rings. The number of aromatic nitrogens is 2. The minimum Gasteiger partial charge on any atom is -0.472 e. The van der Waals surface area contributed by atoms with Crippen molar-refractivity contribution in [3.63, 3.8) is 0 Å². The maximum absolute atomic E-state index is 12.3. The highest BCUT2D eigenvalue weighted by molar-refractivity contribution is 6.31. The fraction of sp³-hybridized carbons (Fsp3) is 0.200. The molecule has 0 saturated carbocycles. The van der Waals surface area contributed by atoms with Crippen molar-refractivity contribution in [2.45, 2.75) is 32.8 Å². The Morgan fingerprint density at radius 3 is 2.50 bits per heavy atom. The molecule has 0 fully saturated rings. The Balaban J connectivity index is 1.88. The van der Waals surface area contributed by atoms with E-state index in [1.54, 1.807) is 12.3 Å². The van der Waals surface area contributed by atoms with E-state index in [1.807, 2.05) is 42.5 Å². The smallest absolute Gasteiger partial charge is 0.267 e. The van der Waals surface area contributed by atoms with Crippen LogP contribution < -0.4 is 10.3 Å². The van der Waals surface area contributed by atoms with Crippen molar-refractivity contribution in [2.24, 2.45) is 0 Å². The van der Waals surface area contributed by atoms with Crippen LogP contribution in [0.5, 0.6) is 5.88 Å². The number of nitrogens with one attached hydrogen (secondary N) is 1. The van der Waals surface area contributed by atoms with Crippen LogP contribution in [0.3, 0.4) is 0 Å². The first kappa shape index (κ1) is 20.2. The third kappa shape index (κ3) is 4.10. The van der Waals surface area contributed by atoms with Crippen molar-refractivity contribution in [3.8, 4) is 17.0 Å². The normalized spacial score (nSPS) is 11.6. The zero-order valence-electron chi connectivity index (χ0n) is 17.2. The van der Waals surface area contributed by atoms with Crippen molar-refractivity contribution >= 4 is 22.5 Å². The lowest BCUT2D eigenvalue weighted by Gasteiger charge is -2.22. The molecule has 0 unspecified atom stereocenters. The molecule has 0 aliphatic heterocycles. The summed E-state index contributed by atoms with van der Waals surface area (Å²) in [7, 11) is 0. The van der Waals surface area contributed by atoms with Crippen molar-refractivity contribution in [1.29, 1.82) is 0 Å². The Bertz CT molecular complexity index is 1260. The number of benzene rings is 2. The molecule has 2 aromatic carbocycles. The fourth-order valence-electron chi connectivity index (χ4n) is 3.38. The molecule has 0 bridgehead atoms. The highest BCUT2D eigenvalue weighted by Crippen LogP contribution is 2.37. The van der Waals surface area contributed by atoms with Gasteiger partial charge in [0.15, 0.2) is 0 Å². The van der Waals surface area contributed by atoms with E-state index < -0.39 is 0 Å². The molecular formula is C25H23ClN2O2. The zero-order valence-corrected chi connectivity index (χ0v) is 18.0. The molecule has 0 spiro atoms. The molecule has 4 nitrogen and oxygen atoms in total. The summed E-state index contributed by atoms with van der Waals surface area (Å²) in [6, 6.07) is 19.7. The van der Waals surface area contributed by atoms with Gasteiger partial charge in [-0.2, -0.15) is 0 Å². The highest BCUT2D eigenvalue weighted by atomic mass is 35.5. The lowest BCUT2D eigenvalue weighted by molar-refractivity contribution is 0.295. The zero-order chi connectivity index (χ0) is 21.3. The van der Waals surface area contributed by atoms with Gasteiger partial charge in [-0.15, -0.1) is 0 Å². The Morgan fingerprint density at radius 2 is 1.77 bits per heavy atom. The second kappa shape index (κ2) is 7.96. The summed E-state index contributed by atoms with van der Waals surface area (Å²) < 4.78 is 6.08. The van der Waals surface area contributed by atoms with Gasteiger partial charge in [0.2, 0.25) is 5.88 Å². The molecule has 4 aromatic rings. The van der Waals surface area contributed by atoms with Crippen LogP contribution >= 0.6 is 11.6 Å². The van der Waals surface area contributed by atoms with E-state index in [-0.39, 0.29) is 16.0 Å². The van der Waals surface area contributed by atoms with Crippen molar-refractivity contribution in [1.82, 2.24) is 9.97 Å². The number of aromatic amines is 1. The van der Waals surface area contributed by atoms with E-state index in [0.717, 1.165) is 33.2 Å². The minimum absolute atomic E-state index is 0.0845. The monoisotopic (exact) mass is 418 g/mol. The van der Waals surface area contributed by atoms with Crippen molar-refractivity contribution < 1.29 is 4.74 Å². The van der Waals surface area contributed by atoms with Gasteiger partial charge in [0, 0.05) is 22.7 Å². The van der Waals surface area contributed by atoms with E-state index in [1.165, 1.54) is 0 Å². The van der Waals surface area contributed by atoms with Crippen LogP contribution in [0.2, 0.25) is 5.02 Å². The fourth-order valence-corrected chi connectivity index (χ4v) is 3.54. The number of halogens is 1. The number of hydrogen-bond acceptors (Lipinski definition) is 3. The van der Waals surface area contributed by atoms with Crippen LogP contribution in [0.4, 0.5) is 0 Å². The Hall–Kier alpha value is -3.11. The number of pyridine rings is 2. The molecule has 0 radical (unpaired) electrons. The Morgan fingerprint density at radius 1 is 1.00 bits per heavy atom. The van der Waals surface area contributed by atoms with Crippen LogP contribution in [0, 0.1) is 0 Å². The summed E-state index contributed by atoms with van der Waals surface area (Å²) >= 11 is 6.12. The average Bonchev–Trinajstić information content (AvgIpc) is 2.73. The number of ether oxygens (including phenoxy) is 1. The molecule has 2 heterocycles. The SMILES string of the molecule is CC(C)(C)c1cc(-c2cccnc2OCc2ccccc2)c2[nH]c(=O)c(Cl)cc2c1. The second-order valence-electron chi connectivity index (χ2n) is 8.31. The Labute approximate surface area is 180 Å². The molecule has 4 rings (SSSR count). The Kier molecular flexibility index (Phi) is 5.35. The summed E-state index contributed by atoms with van der Waals surface area (Å²) in [4.78, 5) is 19.7. The first-order chi connectivity index (χ1) is 14.3. The minimum atomic E-state index is -0.315. The number of rotatable bonds is 4.